The molecule has 0 aromatic heterocycles. The van der Waals surface area contributed by atoms with Crippen molar-refractivity contribution >= 4 is 5.84 Å². The number of hydrogen-bond donors (Lipinski definition) is 2. The third kappa shape index (κ3) is 3.18. The highest BCUT2D eigenvalue weighted by Crippen LogP contribution is 2.25. The molecule has 0 fully saturated rings. The van der Waals surface area contributed by atoms with Crippen LogP contribution in [0.2, 0.25) is 0 Å². The molecule has 0 atom stereocenters. The van der Waals surface area contributed by atoms with Crippen molar-refractivity contribution in [2.45, 2.75) is 26.7 Å². The van der Waals surface area contributed by atoms with Crippen LogP contribution in [0, 0.1) is 12.3 Å². The van der Waals surface area contributed by atoms with E-state index in [0.29, 0.717) is 5.92 Å². The smallest absolute Gasteiger partial charge is 0.127 e. The molecule has 2 aromatic rings. The van der Waals surface area contributed by atoms with E-state index >= 15 is 0 Å². The molecule has 3 heteroatoms. The Balaban J connectivity index is 2.17. The first-order valence-electron chi connectivity index (χ1n) is 6.70. The Bertz CT molecular complexity index is 615. The molecular formula is C17H20N2O. The number of rotatable bonds is 4. The predicted molar refractivity (Wildman–Crippen MR) is 82.8 cm³/mol. The van der Waals surface area contributed by atoms with E-state index < -0.39 is 0 Å². The Labute approximate surface area is 119 Å². The Morgan fingerprint density at radius 2 is 1.65 bits per heavy atom. The molecule has 0 saturated heterocycles. The molecule has 2 rings (SSSR count). The summed E-state index contributed by atoms with van der Waals surface area (Å²) in [6.45, 7) is 6.25. The zero-order valence-electron chi connectivity index (χ0n) is 12.1. The number of ether oxygens (including phenoxy) is 1. The highest BCUT2D eigenvalue weighted by Gasteiger charge is 2.05. The van der Waals surface area contributed by atoms with Crippen LogP contribution in [0.1, 0.15) is 36.5 Å². The summed E-state index contributed by atoms with van der Waals surface area (Å²) >= 11 is 0. The summed E-state index contributed by atoms with van der Waals surface area (Å²) in [6, 6.07) is 13.7. The van der Waals surface area contributed by atoms with Gasteiger partial charge >= 0.3 is 0 Å². The third-order valence-electron chi connectivity index (χ3n) is 3.27. The molecule has 20 heavy (non-hydrogen) atoms. The molecule has 0 amide bonds. The molecule has 0 bridgehead atoms. The number of benzene rings is 2. The van der Waals surface area contributed by atoms with Crippen molar-refractivity contribution in [2.75, 3.05) is 0 Å². The second-order valence-electron chi connectivity index (χ2n) is 5.22. The lowest BCUT2D eigenvalue weighted by Crippen LogP contribution is -2.12. The number of hydrogen-bond acceptors (Lipinski definition) is 2. The van der Waals surface area contributed by atoms with Gasteiger partial charge in [-0.2, -0.15) is 0 Å². The number of nitrogens with one attached hydrogen (secondary N) is 1. The highest BCUT2D eigenvalue weighted by molar-refractivity contribution is 5.96. The molecule has 3 N–H and O–H groups in total. The van der Waals surface area contributed by atoms with Crippen LogP contribution in [-0.2, 0) is 0 Å². The minimum Gasteiger partial charge on any atom is -0.457 e. The zero-order valence-corrected chi connectivity index (χ0v) is 12.1. The summed E-state index contributed by atoms with van der Waals surface area (Å²) in [5.74, 6) is 2.16. The van der Waals surface area contributed by atoms with Crippen LogP contribution in [0.15, 0.2) is 42.5 Å². The Morgan fingerprint density at radius 1 is 1.05 bits per heavy atom. The van der Waals surface area contributed by atoms with Gasteiger partial charge in [0.15, 0.2) is 0 Å². The summed E-state index contributed by atoms with van der Waals surface area (Å²) in [4.78, 5) is 0. The molecule has 0 radical (unpaired) electrons. The van der Waals surface area contributed by atoms with Gasteiger partial charge in [-0.3, -0.25) is 5.41 Å². The van der Waals surface area contributed by atoms with Crippen LogP contribution in [0.5, 0.6) is 11.5 Å². The summed E-state index contributed by atoms with van der Waals surface area (Å²) in [7, 11) is 0. The summed E-state index contributed by atoms with van der Waals surface area (Å²) in [6.07, 6.45) is 0. The van der Waals surface area contributed by atoms with Crippen molar-refractivity contribution in [3.63, 3.8) is 0 Å². The zero-order chi connectivity index (χ0) is 14.7. The average molecular weight is 268 g/mol. The van der Waals surface area contributed by atoms with Gasteiger partial charge in [0.1, 0.15) is 17.3 Å². The van der Waals surface area contributed by atoms with Gasteiger partial charge in [0.2, 0.25) is 0 Å². The molecule has 0 aliphatic rings. The van der Waals surface area contributed by atoms with Gasteiger partial charge in [-0.1, -0.05) is 26.0 Å². The van der Waals surface area contributed by atoms with Gasteiger partial charge in [0, 0.05) is 5.56 Å². The minimum atomic E-state index is 0.0790. The largest absolute Gasteiger partial charge is 0.457 e. The number of nitrogens with two attached hydrogens (primary N) is 1. The van der Waals surface area contributed by atoms with Crippen LogP contribution in [-0.4, -0.2) is 5.84 Å². The van der Waals surface area contributed by atoms with E-state index in [1.54, 1.807) is 0 Å². The Kier molecular flexibility index (Phi) is 4.08. The SMILES string of the molecule is Cc1cc(Oc2ccc(C(C)C)cc2)ccc1C(=N)N. The lowest BCUT2D eigenvalue weighted by molar-refractivity contribution is 0.482. The molecule has 0 spiro atoms. The predicted octanol–water partition coefficient (Wildman–Crippen LogP) is 4.19. The van der Waals surface area contributed by atoms with Crippen molar-refractivity contribution in [3.8, 4) is 11.5 Å². The standard InChI is InChI=1S/C17H20N2O/c1-11(2)13-4-6-14(7-5-13)20-15-8-9-16(17(18)19)12(3)10-15/h4-11H,1-3H3,(H3,18,19). The third-order valence-corrected chi connectivity index (χ3v) is 3.27. The fourth-order valence-electron chi connectivity index (χ4n) is 2.06. The fraction of sp³-hybridized carbons (Fsp3) is 0.235. The fourth-order valence-corrected chi connectivity index (χ4v) is 2.06. The van der Waals surface area contributed by atoms with Gasteiger partial charge in [-0.15, -0.1) is 0 Å². The number of aryl methyl sites for hydroxylation is 1. The maximum atomic E-state index is 7.47. The second-order valence-corrected chi connectivity index (χ2v) is 5.22. The van der Waals surface area contributed by atoms with Crippen LogP contribution < -0.4 is 10.5 Å². The summed E-state index contributed by atoms with van der Waals surface area (Å²) < 4.78 is 5.82. The second kappa shape index (κ2) is 5.78. The first kappa shape index (κ1) is 14.1. The van der Waals surface area contributed by atoms with Crippen molar-refractivity contribution in [2.24, 2.45) is 5.73 Å². The monoisotopic (exact) mass is 268 g/mol. The highest BCUT2D eigenvalue weighted by atomic mass is 16.5. The van der Waals surface area contributed by atoms with Gasteiger partial charge < -0.3 is 10.5 Å². The lowest BCUT2D eigenvalue weighted by Gasteiger charge is -2.10. The van der Waals surface area contributed by atoms with Crippen LogP contribution in [0.4, 0.5) is 0 Å². The molecule has 0 heterocycles. The molecule has 0 aliphatic carbocycles. The van der Waals surface area contributed by atoms with E-state index in [9.17, 15) is 0 Å². The maximum absolute atomic E-state index is 7.47. The van der Waals surface area contributed by atoms with E-state index in [0.717, 1.165) is 22.6 Å². The van der Waals surface area contributed by atoms with Crippen molar-refractivity contribution in [1.82, 2.24) is 0 Å². The minimum absolute atomic E-state index is 0.0790. The van der Waals surface area contributed by atoms with Gasteiger partial charge in [0.05, 0.1) is 0 Å². The van der Waals surface area contributed by atoms with Crippen LogP contribution in [0.25, 0.3) is 0 Å². The summed E-state index contributed by atoms with van der Waals surface area (Å²) in [5.41, 5.74) is 8.48. The van der Waals surface area contributed by atoms with E-state index in [1.165, 1.54) is 5.56 Å². The summed E-state index contributed by atoms with van der Waals surface area (Å²) in [5, 5.41) is 7.47. The van der Waals surface area contributed by atoms with Gasteiger partial charge in [-0.05, 0) is 54.3 Å². The van der Waals surface area contributed by atoms with E-state index in [4.69, 9.17) is 15.9 Å². The molecule has 0 unspecified atom stereocenters. The normalized spacial score (nSPS) is 10.6. The quantitative estimate of drug-likeness (QED) is 0.645. The number of nitrogen functional groups attached to an aromatic ring is 1. The topological polar surface area (TPSA) is 59.1 Å². The average Bonchev–Trinajstić information content (AvgIpc) is 2.39. The molecule has 3 nitrogen and oxygen atoms in total. The van der Waals surface area contributed by atoms with E-state index in [-0.39, 0.29) is 5.84 Å². The maximum Gasteiger partial charge on any atom is 0.127 e. The van der Waals surface area contributed by atoms with Crippen LogP contribution >= 0.6 is 0 Å². The molecule has 2 aromatic carbocycles. The molecule has 104 valence electrons. The first-order chi connectivity index (χ1) is 9.47. The molecule has 0 aliphatic heterocycles. The number of amidine groups is 1. The van der Waals surface area contributed by atoms with E-state index in [1.807, 2.05) is 37.3 Å². The van der Waals surface area contributed by atoms with E-state index in [2.05, 4.69) is 26.0 Å². The van der Waals surface area contributed by atoms with Gasteiger partial charge in [0.25, 0.3) is 0 Å². The van der Waals surface area contributed by atoms with Crippen molar-refractivity contribution in [3.05, 3.63) is 59.2 Å². The molecular weight excluding hydrogens is 248 g/mol. The van der Waals surface area contributed by atoms with Crippen LogP contribution in [0.3, 0.4) is 0 Å². The van der Waals surface area contributed by atoms with Crippen molar-refractivity contribution < 1.29 is 4.74 Å². The Hall–Kier alpha value is -2.29. The first-order valence-corrected chi connectivity index (χ1v) is 6.70. The van der Waals surface area contributed by atoms with Crippen molar-refractivity contribution in [1.29, 1.82) is 5.41 Å². The Morgan fingerprint density at radius 3 is 2.15 bits per heavy atom. The lowest BCUT2D eigenvalue weighted by atomic mass is 10.0. The molecule has 0 saturated carbocycles. The van der Waals surface area contributed by atoms with Gasteiger partial charge in [-0.25, -0.2) is 0 Å².